The fourth-order valence-corrected chi connectivity index (χ4v) is 1.54. The Labute approximate surface area is 79.0 Å². The van der Waals surface area contributed by atoms with E-state index in [-0.39, 0.29) is 17.7 Å². The van der Waals surface area contributed by atoms with Gasteiger partial charge in [0.2, 0.25) is 0 Å². The maximum Gasteiger partial charge on any atom is 0.253 e. The summed E-state index contributed by atoms with van der Waals surface area (Å²) in [7, 11) is 0. The Bertz CT molecular complexity index is 243. The molecule has 3 heteroatoms. The predicted octanol–water partition coefficient (Wildman–Crippen LogP) is 1.85. The van der Waals surface area contributed by atoms with Crippen LogP contribution in [0.3, 0.4) is 0 Å². The van der Waals surface area contributed by atoms with E-state index >= 15 is 0 Å². The van der Waals surface area contributed by atoms with E-state index in [0.29, 0.717) is 18.5 Å². The van der Waals surface area contributed by atoms with Crippen molar-refractivity contribution in [1.29, 1.82) is 0 Å². The van der Waals surface area contributed by atoms with Gasteiger partial charge in [0.25, 0.3) is 5.91 Å². The van der Waals surface area contributed by atoms with Gasteiger partial charge in [-0.1, -0.05) is 13.3 Å². The second-order valence-electron chi connectivity index (χ2n) is 3.70. The fraction of sp³-hybridized carbons (Fsp3) is 0.700. The van der Waals surface area contributed by atoms with E-state index in [1.165, 1.54) is 0 Å². The lowest BCUT2D eigenvalue weighted by Gasteiger charge is -2.20. The summed E-state index contributed by atoms with van der Waals surface area (Å²) in [5.74, 6) is 0.273. The summed E-state index contributed by atoms with van der Waals surface area (Å²) in [4.78, 5) is 13.4. The molecule has 74 valence electrons. The largest absolute Gasteiger partial charge is 0.510 e. The molecule has 1 aliphatic heterocycles. The van der Waals surface area contributed by atoms with E-state index < -0.39 is 0 Å². The molecule has 1 amide bonds. The summed E-state index contributed by atoms with van der Waals surface area (Å²) in [6, 6.07) is 0.170. The Morgan fingerprint density at radius 3 is 2.54 bits per heavy atom. The average Bonchev–Trinajstić information content (AvgIpc) is 2.32. The van der Waals surface area contributed by atoms with E-state index in [9.17, 15) is 9.90 Å². The van der Waals surface area contributed by atoms with Crippen molar-refractivity contribution in [3.8, 4) is 0 Å². The summed E-state index contributed by atoms with van der Waals surface area (Å²) < 4.78 is 0. The van der Waals surface area contributed by atoms with Crippen LogP contribution in [0.25, 0.3) is 0 Å². The van der Waals surface area contributed by atoms with Gasteiger partial charge in [0.15, 0.2) is 0 Å². The van der Waals surface area contributed by atoms with Crippen molar-refractivity contribution in [2.24, 2.45) is 0 Å². The zero-order valence-electron chi connectivity index (χ0n) is 8.50. The minimum absolute atomic E-state index is 0.00866. The van der Waals surface area contributed by atoms with Gasteiger partial charge in [-0.05, 0) is 20.3 Å². The fourth-order valence-electron chi connectivity index (χ4n) is 1.54. The highest BCUT2D eigenvalue weighted by Gasteiger charge is 2.30. The molecule has 0 spiro atoms. The topological polar surface area (TPSA) is 40.5 Å². The summed E-state index contributed by atoms with van der Waals surface area (Å²) in [6.45, 7) is 6.32. The Morgan fingerprint density at radius 2 is 2.15 bits per heavy atom. The van der Waals surface area contributed by atoms with Crippen molar-refractivity contribution in [1.82, 2.24) is 4.90 Å². The molecule has 0 saturated carbocycles. The van der Waals surface area contributed by atoms with Crippen LogP contribution in [-0.2, 0) is 4.79 Å². The van der Waals surface area contributed by atoms with Gasteiger partial charge >= 0.3 is 0 Å². The molecule has 0 unspecified atom stereocenters. The van der Waals surface area contributed by atoms with Gasteiger partial charge in [-0.25, -0.2) is 0 Å². The van der Waals surface area contributed by atoms with Gasteiger partial charge < -0.3 is 10.0 Å². The quantitative estimate of drug-likeness (QED) is 0.725. The van der Waals surface area contributed by atoms with E-state index in [4.69, 9.17) is 0 Å². The highest BCUT2D eigenvalue weighted by Crippen LogP contribution is 2.22. The van der Waals surface area contributed by atoms with Crippen LogP contribution in [0.15, 0.2) is 11.3 Å². The number of carbonyl (C=O) groups excluding carboxylic acids is 1. The molecule has 1 rings (SSSR count). The molecule has 3 nitrogen and oxygen atoms in total. The Morgan fingerprint density at radius 1 is 1.54 bits per heavy atom. The summed E-state index contributed by atoms with van der Waals surface area (Å²) >= 11 is 0. The molecule has 0 aromatic rings. The molecule has 0 aromatic heterocycles. The predicted molar refractivity (Wildman–Crippen MR) is 51.4 cm³/mol. The van der Waals surface area contributed by atoms with Crippen molar-refractivity contribution in [3.05, 3.63) is 11.3 Å². The average molecular weight is 183 g/mol. The van der Waals surface area contributed by atoms with Gasteiger partial charge in [-0.2, -0.15) is 0 Å². The first-order valence-corrected chi connectivity index (χ1v) is 4.79. The normalized spacial score (nSPS) is 17.8. The van der Waals surface area contributed by atoms with Gasteiger partial charge in [0, 0.05) is 6.04 Å². The first-order chi connectivity index (χ1) is 6.07. The molecule has 0 aliphatic carbocycles. The van der Waals surface area contributed by atoms with Crippen molar-refractivity contribution in [2.75, 3.05) is 6.54 Å². The first-order valence-electron chi connectivity index (χ1n) is 4.79. The lowest BCUT2D eigenvalue weighted by atomic mass is 10.1. The third-order valence-corrected chi connectivity index (χ3v) is 2.31. The monoisotopic (exact) mass is 183 g/mol. The summed E-state index contributed by atoms with van der Waals surface area (Å²) in [6.07, 6.45) is 1.59. The molecule has 0 aromatic carbocycles. The highest BCUT2D eigenvalue weighted by molar-refractivity contribution is 5.96. The minimum atomic E-state index is 0.00866. The zero-order chi connectivity index (χ0) is 10.0. The number of hydrogen-bond donors (Lipinski definition) is 1. The molecule has 0 radical (unpaired) electrons. The van der Waals surface area contributed by atoms with Crippen LogP contribution in [0.2, 0.25) is 0 Å². The number of aliphatic hydroxyl groups is 1. The molecular weight excluding hydrogens is 166 g/mol. The molecule has 0 bridgehead atoms. The van der Waals surface area contributed by atoms with E-state index in [1.807, 2.05) is 20.8 Å². The maximum absolute atomic E-state index is 11.7. The van der Waals surface area contributed by atoms with Gasteiger partial charge in [-0.3, -0.25) is 4.79 Å². The van der Waals surface area contributed by atoms with Gasteiger partial charge in [0.05, 0.1) is 12.1 Å². The van der Waals surface area contributed by atoms with E-state index in [1.54, 1.807) is 4.90 Å². The molecule has 1 aliphatic rings. The summed E-state index contributed by atoms with van der Waals surface area (Å²) in [5.41, 5.74) is 0.608. The molecular formula is C10H17NO2. The number of hydrogen-bond acceptors (Lipinski definition) is 2. The van der Waals surface area contributed by atoms with Crippen LogP contribution in [0.1, 0.15) is 33.6 Å². The number of carbonyl (C=O) groups is 1. The molecule has 0 saturated heterocycles. The summed E-state index contributed by atoms with van der Waals surface area (Å²) in [5, 5.41) is 9.53. The van der Waals surface area contributed by atoms with Crippen molar-refractivity contribution in [3.63, 3.8) is 0 Å². The molecule has 1 N–H and O–H groups in total. The van der Waals surface area contributed by atoms with Crippen molar-refractivity contribution in [2.45, 2.75) is 39.7 Å². The lowest BCUT2D eigenvalue weighted by molar-refractivity contribution is -0.127. The van der Waals surface area contributed by atoms with Crippen LogP contribution >= 0.6 is 0 Å². The first kappa shape index (κ1) is 10.1. The van der Waals surface area contributed by atoms with Crippen LogP contribution in [0.5, 0.6) is 0 Å². The second kappa shape index (κ2) is 3.81. The number of amides is 1. The Balaban J connectivity index is 2.75. The lowest BCUT2D eigenvalue weighted by Crippen LogP contribution is -2.33. The molecule has 1 heterocycles. The van der Waals surface area contributed by atoms with Crippen molar-refractivity contribution < 1.29 is 9.90 Å². The SMILES string of the molecule is CCCC1=C(O)CN(C(C)C)C1=O. The van der Waals surface area contributed by atoms with Crippen molar-refractivity contribution >= 4 is 5.91 Å². The molecule has 13 heavy (non-hydrogen) atoms. The Kier molecular flexibility index (Phi) is 2.96. The van der Waals surface area contributed by atoms with Crippen LogP contribution in [0, 0.1) is 0 Å². The standard InChI is InChI=1S/C10H17NO2/c1-4-5-8-9(12)6-11(7(2)3)10(8)13/h7,12H,4-6H2,1-3H3. The van der Waals surface area contributed by atoms with E-state index in [0.717, 1.165) is 6.42 Å². The third kappa shape index (κ3) is 1.85. The van der Waals surface area contributed by atoms with Crippen LogP contribution < -0.4 is 0 Å². The van der Waals surface area contributed by atoms with Crippen LogP contribution in [0.4, 0.5) is 0 Å². The number of rotatable bonds is 3. The maximum atomic E-state index is 11.7. The van der Waals surface area contributed by atoms with Crippen LogP contribution in [-0.4, -0.2) is 28.5 Å². The minimum Gasteiger partial charge on any atom is -0.510 e. The zero-order valence-corrected chi connectivity index (χ0v) is 8.50. The van der Waals surface area contributed by atoms with Gasteiger partial charge in [0.1, 0.15) is 5.76 Å². The highest BCUT2D eigenvalue weighted by atomic mass is 16.3. The molecule has 0 fully saturated rings. The second-order valence-corrected chi connectivity index (χ2v) is 3.70. The number of nitrogens with zero attached hydrogens (tertiary/aromatic N) is 1. The van der Waals surface area contributed by atoms with Gasteiger partial charge in [-0.15, -0.1) is 0 Å². The molecule has 0 atom stereocenters. The Hall–Kier alpha value is -0.990. The third-order valence-electron chi connectivity index (χ3n) is 2.31. The smallest absolute Gasteiger partial charge is 0.253 e. The van der Waals surface area contributed by atoms with E-state index in [2.05, 4.69) is 0 Å². The number of aliphatic hydroxyl groups excluding tert-OH is 1.